The topological polar surface area (TPSA) is 68.2 Å². The fraction of sp³-hybridized carbons (Fsp3) is 0.412. The molecule has 0 atom stereocenters. The predicted octanol–water partition coefficient (Wildman–Crippen LogP) is 2.88. The van der Waals surface area contributed by atoms with E-state index in [1.54, 1.807) is 18.4 Å². The molecule has 142 valence electrons. The minimum Gasteiger partial charge on any atom is -0.492 e. The zero-order valence-electron chi connectivity index (χ0n) is 15.0. The molecule has 7 nitrogen and oxygen atoms in total. The maximum absolute atomic E-state index is 5.75. The molecule has 0 radical (unpaired) electrons. The van der Waals surface area contributed by atoms with E-state index in [0.717, 1.165) is 33.9 Å². The van der Waals surface area contributed by atoms with Gasteiger partial charge in [0.1, 0.15) is 12.4 Å². The monoisotopic (exact) mass is 490 g/mol. The Morgan fingerprint density at radius 3 is 2.92 bits per heavy atom. The number of aryl methyl sites for hydroxylation is 1. The number of nitrogens with one attached hydrogen (secondary N) is 1. The SMILES string of the molecule is CN=C(NCCOc1ccc2c(c1)OCO2)N(C)Cc1csc(C)n1.I. The summed E-state index contributed by atoms with van der Waals surface area (Å²) in [6.45, 7) is 4.15. The number of hydrogen-bond acceptors (Lipinski definition) is 6. The van der Waals surface area contributed by atoms with Gasteiger partial charge in [-0.15, -0.1) is 35.3 Å². The van der Waals surface area contributed by atoms with E-state index in [-0.39, 0.29) is 30.8 Å². The van der Waals surface area contributed by atoms with Crippen molar-refractivity contribution in [2.24, 2.45) is 4.99 Å². The van der Waals surface area contributed by atoms with Crippen LogP contribution in [0.4, 0.5) is 0 Å². The predicted molar refractivity (Wildman–Crippen MR) is 113 cm³/mol. The van der Waals surface area contributed by atoms with Crippen LogP contribution >= 0.6 is 35.3 Å². The van der Waals surface area contributed by atoms with Gasteiger partial charge in [-0.3, -0.25) is 4.99 Å². The summed E-state index contributed by atoms with van der Waals surface area (Å²) < 4.78 is 16.4. The van der Waals surface area contributed by atoms with Crippen LogP contribution in [-0.2, 0) is 6.54 Å². The quantitative estimate of drug-likeness (QED) is 0.291. The Balaban J connectivity index is 0.00000243. The largest absolute Gasteiger partial charge is 0.492 e. The number of rotatable bonds is 6. The molecule has 2 heterocycles. The molecule has 0 amide bonds. The van der Waals surface area contributed by atoms with Gasteiger partial charge < -0.3 is 24.4 Å². The van der Waals surface area contributed by atoms with E-state index in [0.29, 0.717) is 19.7 Å². The van der Waals surface area contributed by atoms with E-state index in [4.69, 9.17) is 14.2 Å². The zero-order chi connectivity index (χ0) is 17.6. The van der Waals surface area contributed by atoms with Crippen molar-refractivity contribution >= 4 is 41.3 Å². The normalized spacial score (nSPS) is 12.5. The van der Waals surface area contributed by atoms with Gasteiger partial charge in [0.05, 0.1) is 23.8 Å². The van der Waals surface area contributed by atoms with Crippen molar-refractivity contribution in [3.63, 3.8) is 0 Å². The van der Waals surface area contributed by atoms with Crippen molar-refractivity contribution < 1.29 is 14.2 Å². The summed E-state index contributed by atoms with van der Waals surface area (Å²) in [5.41, 5.74) is 1.05. The highest BCUT2D eigenvalue weighted by atomic mass is 127. The van der Waals surface area contributed by atoms with Gasteiger partial charge in [0.2, 0.25) is 6.79 Å². The van der Waals surface area contributed by atoms with Gasteiger partial charge in [0, 0.05) is 25.5 Å². The van der Waals surface area contributed by atoms with Crippen LogP contribution in [0.2, 0.25) is 0 Å². The Kier molecular flexibility index (Phi) is 7.76. The molecular weight excluding hydrogens is 467 g/mol. The molecule has 0 bridgehead atoms. The van der Waals surface area contributed by atoms with Crippen LogP contribution in [0.3, 0.4) is 0 Å². The van der Waals surface area contributed by atoms with Crippen molar-refractivity contribution in [2.75, 3.05) is 34.0 Å². The third-order valence-electron chi connectivity index (χ3n) is 3.64. The van der Waals surface area contributed by atoms with Gasteiger partial charge in [0.25, 0.3) is 0 Å². The summed E-state index contributed by atoms with van der Waals surface area (Å²) >= 11 is 1.66. The molecule has 0 fully saturated rings. The second-order valence-corrected chi connectivity index (χ2v) is 6.61. The van der Waals surface area contributed by atoms with E-state index >= 15 is 0 Å². The third kappa shape index (κ3) is 5.37. The molecule has 0 unspecified atom stereocenters. The lowest BCUT2D eigenvalue weighted by Crippen LogP contribution is -2.40. The number of benzene rings is 1. The van der Waals surface area contributed by atoms with E-state index in [1.165, 1.54) is 0 Å². The number of ether oxygens (including phenoxy) is 3. The number of guanidine groups is 1. The Morgan fingerprint density at radius 2 is 2.19 bits per heavy atom. The molecule has 0 aliphatic carbocycles. The third-order valence-corrected chi connectivity index (χ3v) is 4.46. The van der Waals surface area contributed by atoms with E-state index in [1.807, 2.05) is 37.1 Å². The molecule has 1 aromatic carbocycles. The molecule has 2 aromatic rings. The molecule has 1 aliphatic heterocycles. The molecule has 3 rings (SSSR count). The number of fused-ring (bicyclic) bond motifs is 1. The van der Waals surface area contributed by atoms with Crippen molar-refractivity contribution in [3.8, 4) is 17.2 Å². The molecule has 0 saturated carbocycles. The van der Waals surface area contributed by atoms with Gasteiger partial charge in [-0.2, -0.15) is 0 Å². The minimum atomic E-state index is 0. The van der Waals surface area contributed by atoms with Crippen LogP contribution in [-0.4, -0.2) is 49.9 Å². The summed E-state index contributed by atoms with van der Waals surface area (Å²) in [5.74, 6) is 3.04. The second-order valence-electron chi connectivity index (χ2n) is 5.55. The Hall–Kier alpha value is -1.75. The standard InChI is InChI=1S/C17H22N4O3S.HI/c1-12-20-13(10-25-12)9-21(3)17(18-2)19-6-7-22-14-4-5-15-16(8-14)24-11-23-15;/h4-5,8,10H,6-7,9,11H2,1-3H3,(H,18,19);1H. The molecule has 1 N–H and O–H groups in total. The van der Waals surface area contributed by atoms with Crippen LogP contribution in [0.1, 0.15) is 10.7 Å². The molecule has 9 heteroatoms. The summed E-state index contributed by atoms with van der Waals surface area (Å²) in [6, 6.07) is 5.57. The molecule has 1 aliphatic rings. The molecular formula is C17H23IN4O3S. The highest BCUT2D eigenvalue weighted by Crippen LogP contribution is 2.34. The fourth-order valence-corrected chi connectivity index (χ4v) is 3.09. The lowest BCUT2D eigenvalue weighted by molar-refractivity contribution is 0.173. The summed E-state index contributed by atoms with van der Waals surface area (Å²) in [5, 5.41) is 6.43. The number of thiazole rings is 1. The van der Waals surface area contributed by atoms with Crippen LogP contribution < -0.4 is 19.5 Å². The Labute approximate surface area is 174 Å². The smallest absolute Gasteiger partial charge is 0.231 e. The van der Waals surface area contributed by atoms with Crippen molar-refractivity contribution in [1.29, 1.82) is 0 Å². The first-order valence-corrected chi connectivity index (χ1v) is 8.89. The first kappa shape index (κ1) is 20.6. The summed E-state index contributed by atoms with van der Waals surface area (Å²) in [4.78, 5) is 10.8. The summed E-state index contributed by atoms with van der Waals surface area (Å²) in [7, 11) is 3.76. The van der Waals surface area contributed by atoms with E-state index in [2.05, 4.69) is 20.7 Å². The highest BCUT2D eigenvalue weighted by molar-refractivity contribution is 14.0. The van der Waals surface area contributed by atoms with Crippen LogP contribution in [0.25, 0.3) is 0 Å². The number of hydrogen-bond donors (Lipinski definition) is 1. The lowest BCUT2D eigenvalue weighted by atomic mass is 10.3. The molecule has 0 spiro atoms. The van der Waals surface area contributed by atoms with Crippen molar-refractivity contribution in [2.45, 2.75) is 13.5 Å². The fourth-order valence-electron chi connectivity index (χ4n) is 2.48. The van der Waals surface area contributed by atoms with Gasteiger partial charge >= 0.3 is 0 Å². The average Bonchev–Trinajstić information content (AvgIpc) is 3.23. The van der Waals surface area contributed by atoms with E-state index in [9.17, 15) is 0 Å². The number of aliphatic imine (C=N–C) groups is 1. The highest BCUT2D eigenvalue weighted by Gasteiger charge is 2.13. The second kappa shape index (κ2) is 9.81. The van der Waals surface area contributed by atoms with Gasteiger partial charge in [-0.25, -0.2) is 4.98 Å². The molecule has 0 saturated heterocycles. The number of aromatic nitrogens is 1. The number of nitrogens with zero attached hydrogens (tertiary/aromatic N) is 3. The van der Waals surface area contributed by atoms with Gasteiger partial charge in [-0.05, 0) is 19.1 Å². The van der Waals surface area contributed by atoms with Crippen molar-refractivity contribution in [3.05, 3.63) is 34.3 Å². The molecule has 26 heavy (non-hydrogen) atoms. The summed E-state index contributed by atoms with van der Waals surface area (Å²) in [6.07, 6.45) is 0. The maximum Gasteiger partial charge on any atom is 0.231 e. The molecule has 1 aromatic heterocycles. The van der Waals surface area contributed by atoms with Crippen LogP contribution in [0.5, 0.6) is 17.2 Å². The van der Waals surface area contributed by atoms with Gasteiger partial charge in [0.15, 0.2) is 17.5 Å². The minimum absolute atomic E-state index is 0. The Bertz CT molecular complexity index is 753. The lowest BCUT2D eigenvalue weighted by Gasteiger charge is -2.21. The van der Waals surface area contributed by atoms with Gasteiger partial charge in [-0.1, -0.05) is 0 Å². The average molecular weight is 490 g/mol. The maximum atomic E-state index is 5.75. The first-order chi connectivity index (χ1) is 12.2. The Morgan fingerprint density at radius 1 is 1.38 bits per heavy atom. The van der Waals surface area contributed by atoms with Crippen molar-refractivity contribution in [1.82, 2.24) is 15.2 Å². The van der Waals surface area contributed by atoms with Crippen LogP contribution in [0, 0.1) is 6.92 Å². The number of halogens is 1. The zero-order valence-corrected chi connectivity index (χ0v) is 18.2. The van der Waals surface area contributed by atoms with Crippen LogP contribution in [0.15, 0.2) is 28.6 Å². The first-order valence-electron chi connectivity index (χ1n) is 8.01. The van der Waals surface area contributed by atoms with E-state index < -0.39 is 0 Å².